The normalized spacial score (nSPS) is 19.2. The van der Waals surface area contributed by atoms with Crippen LogP contribution in [-0.4, -0.2) is 29.9 Å². The van der Waals surface area contributed by atoms with Crippen molar-refractivity contribution >= 4 is 35.5 Å². The topological polar surface area (TPSA) is 46.3 Å². The molecule has 1 amide bonds. The molecule has 1 aliphatic heterocycles. The number of nitrogens with two attached hydrogens (primary N) is 1. The van der Waals surface area contributed by atoms with Crippen molar-refractivity contribution in [1.29, 1.82) is 0 Å². The van der Waals surface area contributed by atoms with Gasteiger partial charge in [0.2, 0.25) is 5.91 Å². The van der Waals surface area contributed by atoms with Crippen molar-refractivity contribution in [1.82, 2.24) is 4.90 Å². The maximum Gasteiger partial charge on any atom is 0.246 e. The standard InChI is InChI=1S/C14H17ClN2O.ClH/c1-10(12-4-2-3-5-13(12)15)8-14(18)17-7-6-11(16)9-17;/h2-5,8,11H,6-7,9,16H2,1H3;1H. The molecule has 0 saturated carbocycles. The van der Waals surface area contributed by atoms with Gasteiger partial charge in [0.05, 0.1) is 0 Å². The molecule has 1 atom stereocenters. The monoisotopic (exact) mass is 300 g/mol. The van der Waals surface area contributed by atoms with Crippen LogP contribution < -0.4 is 5.73 Å². The number of carbonyl (C=O) groups excluding carboxylic acids is 1. The van der Waals surface area contributed by atoms with Crippen LogP contribution in [0.25, 0.3) is 5.57 Å². The van der Waals surface area contributed by atoms with E-state index >= 15 is 0 Å². The molecule has 1 heterocycles. The number of halogens is 2. The first-order chi connectivity index (χ1) is 8.58. The molecule has 2 rings (SSSR count). The fourth-order valence-electron chi connectivity index (χ4n) is 2.12. The van der Waals surface area contributed by atoms with E-state index in [1.54, 1.807) is 11.0 Å². The first kappa shape index (κ1) is 16.0. The molecule has 1 saturated heterocycles. The minimum absolute atomic E-state index is 0. The van der Waals surface area contributed by atoms with Gasteiger partial charge in [-0.05, 0) is 30.5 Å². The van der Waals surface area contributed by atoms with Crippen molar-refractivity contribution in [3.63, 3.8) is 0 Å². The molecule has 1 aliphatic rings. The molecule has 0 aromatic heterocycles. The second kappa shape index (κ2) is 6.94. The van der Waals surface area contributed by atoms with E-state index in [1.165, 1.54) is 0 Å². The maximum absolute atomic E-state index is 12.0. The second-order valence-corrected chi connectivity index (χ2v) is 5.05. The lowest BCUT2D eigenvalue weighted by Gasteiger charge is -2.14. The van der Waals surface area contributed by atoms with E-state index in [-0.39, 0.29) is 24.4 Å². The molecular formula is C14H18Cl2N2O. The molecule has 0 radical (unpaired) electrons. The minimum Gasteiger partial charge on any atom is -0.338 e. The lowest BCUT2D eigenvalue weighted by atomic mass is 10.1. The number of nitrogens with zero attached hydrogens (tertiary/aromatic N) is 1. The van der Waals surface area contributed by atoms with Crippen molar-refractivity contribution in [3.05, 3.63) is 40.9 Å². The van der Waals surface area contributed by atoms with Gasteiger partial charge in [-0.1, -0.05) is 29.8 Å². The van der Waals surface area contributed by atoms with Gasteiger partial charge in [-0.25, -0.2) is 0 Å². The number of amides is 1. The Morgan fingerprint density at radius 2 is 2.16 bits per heavy atom. The third-order valence-electron chi connectivity index (χ3n) is 3.18. The van der Waals surface area contributed by atoms with Crippen molar-refractivity contribution < 1.29 is 4.79 Å². The molecule has 1 aromatic carbocycles. The summed E-state index contributed by atoms with van der Waals surface area (Å²) in [6.07, 6.45) is 2.52. The highest BCUT2D eigenvalue weighted by atomic mass is 35.5. The second-order valence-electron chi connectivity index (χ2n) is 4.64. The van der Waals surface area contributed by atoms with Gasteiger partial charge in [0.1, 0.15) is 0 Å². The van der Waals surface area contributed by atoms with Gasteiger partial charge in [-0.2, -0.15) is 0 Å². The minimum atomic E-state index is 0. The molecular weight excluding hydrogens is 283 g/mol. The van der Waals surface area contributed by atoms with Crippen LogP contribution in [0.1, 0.15) is 18.9 Å². The zero-order chi connectivity index (χ0) is 13.1. The van der Waals surface area contributed by atoms with Crippen LogP contribution in [0.5, 0.6) is 0 Å². The Hall–Kier alpha value is -1.03. The van der Waals surface area contributed by atoms with Gasteiger partial charge >= 0.3 is 0 Å². The molecule has 0 aliphatic carbocycles. The summed E-state index contributed by atoms with van der Waals surface area (Å²) >= 11 is 6.10. The summed E-state index contributed by atoms with van der Waals surface area (Å²) in [6, 6.07) is 7.64. The Morgan fingerprint density at radius 3 is 2.74 bits per heavy atom. The fraction of sp³-hybridized carbons (Fsp3) is 0.357. The van der Waals surface area contributed by atoms with Gasteiger partial charge in [-0.15, -0.1) is 12.4 Å². The van der Waals surface area contributed by atoms with Gasteiger partial charge in [0.25, 0.3) is 0 Å². The van der Waals surface area contributed by atoms with Crippen LogP contribution >= 0.6 is 24.0 Å². The Morgan fingerprint density at radius 1 is 1.47 bits per heavy atom. The summed E-state index contributed by atoms with van der Waals surface area (Å²) in [4.78, 5) is 13.8. The summed E-state index contributed by atoms with van der Waals surface area (Å²) in [6.45, 7) is 3.28. The van der Waals surface area contributed by atoms with E-state index in [1.807, 2.05) is 31.2 Å². The third kappa shape index (κ3) is 3.96. The van der Waals surface area contributed by atoms with E-state index in [0.29, 0.717) is 11.6 Å². The lowest BCUT2D eigenvalue weighted by molar-refractivity contribution is -0.125. The number of carbonyl (C=O) groups is 1. The van der Waals surface area contributed by atoms with Crippen molar-refractivity contribution in [3.8, 4) is 0 Å². The fourth-order valence-corrected chi connectivity index (χ4v) is 2.41. The Kier molecular flexibility index (Phi) is 5.85. The quantitative estimate of drug-likeness (QED) is 0.854. The van der Waals surface area contributed by atoms with Crippen molar-refractivity contribution in [2.45, 2.75) is 19.4 Å². The van der Waals surface area contributed by atoms with Crippen LogP contribution in [0.4, 0.5) is 0 Å². The summed E-state index contributed by atoms with van der Waals surface area (Å²) in [5.74, 6) is 0.0142. The average molecular weight is 301 g/mol. The third-order valence-corrected chi connectivity index (χ3v) is 3.50. The SMILES string of the molecule is CC(=CC(=O)N1CCC(N)C1)c1ccccc1Cl.Cl. The van der Waals surface area contributed by atoms with Crippen LogP contribution in [0.3, 0.4) is 0 Å². The smallest absolute Gasteiger partial charge is 0.246 e. The number of rotatable bonds is 2. The molecule has 0 spiro atoms. The van der Waals surface area contributed by atoms with Crippen LogP contribution in [0.15, 0.2) is 30.3 Å². The summed E-state index contributed by atoms with van der Waals surface area (Å²) < 4.78 is 0. The molecule has 5 heteroatoms. The van der Waals surface area contributed by atoms with Gasteiger partial charge < -0.3 is 10.6 Å². The number of hydrogen-bond acceptors (Lipinski definition) is 2. The predicted molar refractivity (Wildman–Crippen MR) is 81.5 cm³/mol. The van der Waals surface area contributed by atoms with E-state index in [2.05, 4.69) is 0 Å². The molecule has 0 bridgehead atoms. The van der Waals surface area contributed by atoms with Crippen molar-refractivity contribution in [2.24, 2.45) is 5.73 Å². The number of likely N-dealkylation sites (tertiary alicyclic amines) is 1. The van der Waals surface area contributed by atoms with Crippen LogP contribution in [0.2, 0.25) is 5.02 Å². The van der Waals surface area contributed by atoms with E-state index in [4.69, 9.17) is 17.3 Å². The molecule has 104 valence electrons. The van der Waals surface area contributed by atoms with E-state index in [9.17, 15) is 4.79 Å². The highest BCUT2D eigenvalue weighted by Crippen LogP contribution is 2.23. The molecule has 1 aromatic rings. The number of benzene rings is 1. The van der Waals surface area contributed by atoms with Gasteiger partial charge in [0.15, 0.2) is 0 Å². The van der Waals surface area contributed by atoms with E-state index in [0.717, 1.165) is 24.1 Å². The number of hydrogen-bond donors (Lipinski definition) is 1. The van der Waals surface area contributed by atoms with Crippen molar-refractivity contribution in [2.75, 3.05) is 13.1 Å². The molecule has 2 N–H and O–H groups in total. The lowest BCUT2D eigenvalue weighted by Crippen LogP contribution is -2.30. The Balaban J connectivity index is 0.00000180. The average Bonchev–Trinajstić information content (AvgIpc) is 2.76. The Labute approximate surface area is 124 Å². The molecule has 19 heavy (non-hydrogen) atoms. The largest absolute Gasteiger partial charge is 0.338 e. The summed E-state index contributed by atoms with van der Waals surface area (Å²) in [5.41, 5.74) is 7.57. The zero-order valence-electron chi connectivity index (χ0n) is 10.8. The zero-order valence-corrected chi connectivity index (χ0v) is 12.4. The maximum atomic E-state index is 12.0. The predicted octanol–water partition coefficient (Wildman–Crippen LogP) is 2.72. The van der Waals surface area contributed by atoms with E-state index < -0.39 is 0 Å². The van der Waals surface area contributed by atoms with Crippen LogP contribution in [0, 0.1) is 0 Å². The number of allylic oxidation sites excluding steroid dienone is 1. The van der Waals surface area contributed by atoms with Crippen LogP contribution in [-0.2, 0) is 4.79 Å². The first-order valence-electron chi connectivity index (χ1n) is 6.05. The molecule has 1 fully saturated rings. The summed E-state index contributed by atoms with van der Waals surface area (Å²) in [5, 5.41) is 0.664. The Bertz CT molecular complexity index is 488. The highest BCUT2D eigenvalue weighted by molar-refractivity contribution is 6.32. The molecule has 3 nitrogen and oxygen atoms in total. The van der Waals surface area contributed by atoms with Gasteiger partial charge in [0, 0.05) is 30.2 Å². The van der Waals surface area contributed by atoms with Gasteiger partial charge in [-0.3, -0.25) is 4.79 Å². The highest BCUT2D eigenvalue weighted by Gasteiger charge is 2.22. The molecule has 1 unspecified atom stereocenters. The first-order valence-corrected chi connectivity index (χ1v) is 6.43. The summed E-state index contributed by atoms with van der Waals surface area (Å²) in [7, 11) is 0.